The smallest absolute Gasteiger partial charge is 0.109 e. The van der Waals surface area contributed by atoms with Crippen LogP contribution in [0.1, 0.15) is 37.7 Å². The van der Waals surface area contributed by atoms with Gasteiger partial charge in [0.15, 0.2) is 0 Å². The third-order valence-corrected chi connectivity index (χ3v) is 6.21. The molecule has 1 unspecified atom stereocenters. The number of likely N-dealkylation sites (tertiary alicyclic amines) is 1. The van der Waals surface area contributed by atoms with Gasteiger partial charge in [-0.1, -0.05) is 22.5 Å². The van der Waals surface area contributed by atoms with Crippen LogP contribution in [0.5, 0.6) is 0 Å². The summed E-state index contributed by atoms with van der Waals surface area (Å²) in [4.78, 5) is 9.89. The maximum atomic E-state index is 4.95. The SMILES string of the molecule is C=C1c2ccc(Br)cc2N=C2CCC3(CCCN3C)CCN12. The molecule has 0 bridgehead atoms. The fourth-order valence-electron chi connectivity index (χ4n) is 4.29. The number of amidine groups is 1. The topological polar surface area (TPSA) is 18.8 Å². The highest BCUT2D eigenvalue weighted by molar-refractivity contribution is 9.10. The Morgan fingerprint density at radius 3 is 2.86 bits per heavy atom. The van der Waals surface area contributed by atoms with E-state index in [1.165, 1.54) is 43.6 Å². The van der Waals surface area contributed by atoms with Crippen LogP contribution in [0.25, 0.3) is 5.70 Å². The minimum atomic E-state index is 0.382. The number of fused-ring (bicyclic) bond motifs is 2. The number of aliphatic imine (C=N–C) groups is 1. The van der Waals surface area contributed by atoms with Crippen molar-refractivity contribution in [2.24, 2.45) is 4.99 Å². The summed E-state index contributed by atoms with van der Waals surface area (Å²) in [5.41, 5.74) is 3.72. The molecular weight excluding hydrogens is 338 g/mol. The van der Waals surface area contributed by atoms with Gasteiger partial charge in [-0.05, 0) is 57.5 Å². The number of halogens is 1. The zero-order valence-corrected chi connectivity index (χ0v) is 14.7. The standard InChI is InChI=1S/C18H22BrN3/c1-13-15-5-4-14(19)12-16(15)20-17-6-8-18(9-11-22(13)17)7-3-10-21(18)2/h4-5,12H,1,3,6-11H2,2H3. The van der Waals surface area contributed by atoms with Crippen LogP contribution in [0.2, 0.25) is 0 Å². The van der Waals surface area contributed by atoms with E-state index in [1.54, 1.807) is 0 Å². The molecule has 116 valence electrons. The first kappa shape index (κ1) is 14.5. The van der Waals surface area contributed by atoms with Crippen LogP contribution in [0.15, 0.2) is 34.2 Å². The largest absolute Gasteiger partial charge is 0.330 e. The summed E-state index contributed by atoms with van der Waals surface area (Å²) in [6.07, 6.45) is 6.14. The fourth-order valence-corrected chi connectivity index (χ4v) is 4.64. The molecule has 2 fully saturated rings. The Kier molecular flexibility index (Phi) is 3.42. The van der Waals surface area contributed by atoms with Gasteiger partial charge in [-0.2, -0.15) is 0 Å². The van der Waals surface area contributed by atoms with Crippen LogP contribution in [0.3, 0.4) is 0 Å². The van der Waals surface area contributed by atoms with Gasteiger partial charge < -0.3 is 9.80 Å². The summed E-state index contributed by atoms with van der Waals surface area (Å²) in [7, 11) is 2.29. The number of hydrogen-bond donors (Lipinski definition) is 0. The second-order valence-electron chi connectivity index (χ2n) is 6.79. The Morgan fingerprint density at radius 2 is 2.09 bits per heavy atom. The maximum absolute atomic E-state index is 4.95. The maximum Gasteiger partial charge on any atom is 0.109 e. The summed E-state index contributed by atoms with van der Waals surface area (Å²) in [5, 5.41) is 0. The van der Waals surface area contributed by atoms with Crippen LogP contribution in [0.4, 0.5) is 5.69 Å². The molecule has 0 saturated carbocycles. The van der Waals surface area contributed by atoms with Gasteiger partial charge in [0.1, 0.15) is 5.84 Å². The molecule has 1 spiro atoms. The molecule has 0 aromatic heterocycles. The molecule has 1 atom stereocenters. The Balaban J connectivity index is 1.69. The van der Waals surface area contributed by atoms with E-state index < -0.39 is 0 Å². The number of benzene rings is 1. The van der Waals surface area contributed by atoms with Crippen molar-refractivity contribution in [2.45, 2.75) is 37.6 Å². The third kappa shape index (κ3) is 2.16. The normalized spacial score (nSPS) is 28.4. The predicted octanol–water partition coefficient (Wildman–Crippen LogP) is 4.41. The van der Waals surface area contributed by atoms with Gasteiger partial charge >= 0.3 is 0 Å². The Morgan fingerprint density at radius 1 is 1.23 bits per heavy atom. The van der Waals surface area contributed by atoms with E-state index in [4.69, 9.17) is 4.99 Å². The molecule has 2 saturated heterocycles. The van der Waals surface area contributed by atoms with Crippen LogP contribution in [0, 0.1) is 0 Å². The lowest BCUT2D eigenvalue weighted by atomic mass is 9.88. The quantitative estimate of drug-likeness (QED) is 0.682. The Hall–Kier alpha value is -1.13. The minimum Gasteiger partial charge on any atom is -0.330 e. The van der Waals surface area contributed by atoms with Gasteiger partial charge in [0, 0.05) is 34.2 Å². The Bertz CT molecular complexity index is 666. The average molecular weight is 360 g/mol. The first-order valence-electron chi connectivity index (χ1n) is 8.14. The number of nitrogens with zero attached hydrogens (tertiary/aromatic N) is 3. The van der Waals surface area contributed by atoms with E-state index in [9.17, 15) is 0 Å². The molecule has 1 aromatic carbocycles. The Labute approximate surface area is 140 Å². The second-order valence-corrected chi connectivity index (χ2v) is 7.70. The van der Waals surface area contributed by atoms with Crippen molar-refractivity contribution in [3.63, 3.8) is 0 Å². The van der Waals surface area contributed by atoms with E-state index in [-0.39, 0.29) is 0 Å². The lowest BCUT2D eigenvalue weighted by Gasteiger charge is -2.35. The molecule has 0 amide bonds. The van der Waals surface area contributed by atoms with E-state index in [2.05, 4.69) is 57.6 Å². The predicted molar refractivity (Wildman–Crippen MR) is 95.4 cm³/mol. The fraction of sp³-hybridized carbons (Fsp3) is 0.500. The molecule has 0 radical (unpaired) electrons. The molecule has 0 aliphatic carbocycles. The van der Waals surface area contributed by atoms with Crippen molar-refractivity contribution in [3.8, 4) is 0 Å². The molecule has 3 aliphatic heterocycles. The summed E-state index contributed by atoms with van der Waals surface area (Å²) < 4.78 is 1.08. The highest BCUT2D eigenvalue weighted by atomic mass is 79.9. The summed E-state index contributed by atoms with van der Waals surface area (Å²) in [6, 6.07) is 6.31. The molecule has 0 N–H and O–H groups in total. The first-order valence-corrected chi connectivity index (χ1v) is 8.94. The molecular formula is C18H22BrN3. The summed E-state index contributed by atoms with van der Waals surface area (Å²) >= 11 is 3.55. The van der Waals surface area contributed by atoms with Crippen molar-refractivity contribution < 1.29 is 0 Å². The molecule has 1 aromatic rings. The molecule has 22 heavy (non-hydrogen) atoms. The molecule has 3 heterocycles. The van der Waals surface area contributed by atoms with Crippen LogP contribution in [-0.2, 0) is 0 Å². The van der Waals surface area contributed by atoms with E-state index >= 15 is 0 Å². The third-order valence-electron chi connectivity index (χ3n) is 5.72. The molecule has 3 aliphatic rings. The number of hydrogen-bond acceptors (Lipinski definition) is 3. The van der Waals surface area contributed by atoms with Crippen LogP contribution < -0.4 is 0 Å². The van der Waals surface area contributed by atoms with Crippen molar-refractivity contribution in [2.75, 3.05) is 20.1 Å². The monoisotopic (exact) mass is 359 g/mol. The summed E-state index contributed by atoms with van der Waals surface area (Å²) in [5.74, 6) is 1.20. The van der Waals surface area contributed by atoms with Crippen molar-refractivity contribution in [1.29, 1.82) is 0 Å². The lowest BCUT2D eigenvalue weighted by Crippen LogP contribution is -2.41. The minimum absolute atomic E-state index is 0.382. The molecule has 3 nitrogen and oxygen atoms in total. The zero-order chi connectivity index (χ0) is 15.3. The zero-order valence-electron chi connectivity index (χ0n) is 13.1. The molecule has 4 heteroatoms. The first-order chi connectivity index (χ1) is 10.6. The number of rotatable bonds is 0. The molecule has 4 rings (SSSR count). The van der Waals surface area contributed by atoms with Crippen molar-refractivity contribution in [3.05, 3.63) is 34.8 Å². The van der Waals surface area contributed by atoms with Crippen molar-refractivity contribution in [1.82, 2.24) is 9.80 Å². The van der Waals surface area contributed by atoms with E-state index in [0.29, 0.717) is 5.54 Å². The summed E-state index contributed by atoms with van der Waals surface area (Å²) in [6.45, 7) is 6.64. The highest BCUT2D eigenvalue weighted by Crippen LogP contribution is 2.42. The highest BCUT2D eigenvalue weighted by Gasteiger charge is 2.41. The van der Waals surface area contributed by atoms with Gasteiger partial charge in [-0.25, -0.2) is 4.99 Å². The van der Waals surface area contributed by atoms with Gasteiger partial charge in [0.25, 0.3) is 0 Å². The van der Waals surface area contributed by atoms with Gasteiger partial charge in [0.05, 0.1) is 5.69 Å². The van der Waals surface area contributed by atoms with Crippen LogP contribution >= 0.6 is 15.9 Å². The van der Waals surface area contributed by atoms with E-state index in [1.807, 2.05) is 0 Å². The second kappa shape index (κ2) is 5.20. The van der Waals surface area contributed by atoms with Crippen molar-refractivity contribution >= 4 is 33.1 Å². The lowest BCUT2D eigenvalue weighted by molar-refractivity contribution is 0.152. The average Bonchev–Trinajstić information content (AvgIpc) is 2.74. The van der Waals surface area contributed by atoms with E-state index in [0.717, 1.165) is 28.8 Å². The van der Waals surface area contributed by atoms with Gasteiger partial charge in [0.2, 0.25) is 0 Å². The van der Waals surface area contributed by atoms with Crippen LogP contribution in [-0.4, -0.2) is 41.3 Å². The van der Waals surface area contributed by atoms with Gasteiger partial charge in [-0.15, -0.1) is 0 Å². The van der Waals surface area contributed by atoms with Gasteiger partial charge in [-0.3, -0.25) is 0 Å².